The lowest BCUT2D eigenvalue weighted by Gasteiger charge is -2.18. The minimum absolute atomic E-state index is 0.0800. The van der Waals surface area contributed by atoms with E-state index in [1.54, 1.807) is 30.3 Å². The summed E-state index contributed by atoms with van der Waals surface area (Å²) in [6, 6.07) is 16.1. The number of esters is 1. The number of carbonyl (C=O) groups is 2. The Morgan fingerprint density at radius 2 is 1.63 bits per heavy atom. The fraction of sp³-hybridized carbons (Fsp3) is 0.167. The van der Waals surface area contributed by atoms with E-state index in [1.165, 1.54) is 44.4 Å². The zero-order chi connectivity index (χ0) is 25.6. The first kappa shape index (κ1) is 25.5. The van der Waals surface area contributed by atoms with E-state index < -0.39 is 39.2 Å². The molecule has 0 spiro atoms. The van der Waals surface area contributed by atoms with Crippen molar-refractivity contribution >= 4 is 33.3 Å². The molecule has 1 N–H and O–H groups in total. The first-order valence-corrected chi connectivity index (χ1v) is 11.7. The molecule has 0 aromatic heterocycles. The Morgan fingerprint density at radius 1 is 0.971 bits per heavy atom. The summed E-state index contributed by atoms with van der Waals surface area (Å²) in [6.07, 6.45) is 0. The Morgan fingerprint density at radius 3 is 2.26 bits per heavy atom. The van der Waals surface area contributed by atoms with E-state index in [0.717, 1.165) is 18.2 Å². The van der Waals surface area contributed by atoms with Crippen molar-refractivity contribution in [2.45, 2.75) is 4.90 Å². The van der Waals surface area contributed by atoms with Gasteiger partial charge in [0.05, 0.1) is 24.8 Å². The van der Waals surface area contributed by atoms with E-state index in [1.807, 2.05) is 0 Å². The van der Waals surface area contributed by atoms with E-state index in [4.69, 9.17) is 14.2 Å². The lowest BCUT2D eigenvalue weighted by atomic mass is 10.2. The number of nitrogens with one attached hydrogen (secondary N) is 1. The van der Waals surface area contributed by atoms with Crippen molar-refractivity contribution in [1.29, 1.82) is 0 Å². The number of carbonyl (C=O) groups excluding carboxylic acids is 2. The monoisotopic (exact) mass is 502 g/mol. The smallest absolute Gasteiger partial charge is 0.342 e. The maximum absolute atomic E-state index is 14.0. The highest BCUT2D eigenvalue weighted by atomic mass is 32.2. The van der Waals surface area contributed by atoms with Crippen LogP contribution < -0.4 is 19.1 Å². The Balaban J connectivity index is 1.88. The molecule has 0 heterocycles. The fourth-order valence-electron chi connectivity index (χ4n) is 3.09. The second-order valence-electron chi connectivity index (χ2n) is 7.16. The van der Waals surface area contributed by atoms with E-state index in [-0.39, 0.29) is 22.7 Å². The number of halogens is 1. The van der Waals surface area contributed by atoms with Crippen LogP contribution in [0, 0.1) is 5.82 Å². The van der Waals surface area contributed by atoms with Crippen molar-refractivity contribution in [3.8, 4) is 11.5 Å². The van der Waals surface area contributed by atoms with Gasteiger partial charge in [-0.2, -0.15) is 0 Å². The molecular formula is C24H23FN2O7S. The zero-order valence-corrected chi connectivity index (χ0v) is 20.0. The van der Waals surface area contributed by atoms with Crippen molar-refractivity contribution in [1.82, 2.24) is 0 Å². The van der Waals surface area contributed by atoms with Crippen LogP contribution in [-0.4, -0.2) is 48.2 Å². The van der Waals surface area contributed by atoms with Crippen LogP contribution in [0.5, 0.6) is 11.5 Å². The third-order valence-corrected chi connectivity index (χ3v) is 6.29. The lowest BCUT2D eigenvalue weighted by molar-refractivity contribution is -0.121. The molecule has 0 aliphatic heterocycles. The summed E-state index contributed by atoms with van der Waals surface area (Å²) in [7, 11) is -0.300. The first-order valence-electron chi connectivity index (χ1n) is 10.2. The van der Waals surface area contributed by atoms with Crippen molar-refractivity contribution in [2.24, 2.45) is 0 Å². The molecule has 0 saturated heterocycles. The minimum atomic E-state index is -4.34. The average Bonchev–Trinajstić information content (AvgIpc) is 2.87. The van der Waals surface area contributed by atoms with E-state index >= 15 is 0 Å². The number of anilines is 2. The molecule has 0 aliphatic rings. The number of ether oxygens (including phenoxy) is 3. The predicted octanol–water partition coefficient (Wildman–Crippen LogP) is 3.46. The number of para-hydroxylation sites is 2. The van der Waals surface area contributed by atoms with Gasteiger partial charge in [-0.15, -0.1) is 0 Å². The third kappa shape index (κ3) is 5.87. The second-order valence-corrected chi connectivity index (χ2v) is 8.84. The third-order valence-electron chi connectivity index (χ3n) is 4.95. The molecule has 3 rings (SSSR count). The molecule has 184 valence electrons. The molecule has 0 fully saturated rings. The summed E-state index contributed by atoms with van der Waals surface area (Å²) < 4.78 is 57.5. The van der Waals surface area contributed by atoms with Gasteiger partial charge in [0.15, 0.2) is 18.1 Å². The molecule has 11 heteroatoms. The van der Waals surface area contributed by atoms with Crippen molar-refractivity contribution in [3.05, 3.63) is 78.1 Å². The topological polar surface area (TPSA) is 111 Å². The van der Waals surface area contributed by atoms with Crippen molar-refractivity contribution in [3.63, 3.8) is 0 Å². The first-order chi connectivity index (χ1) is 16.7. The van der Waals surface area contributed by atoms with Crippen LogP contribution in [0.3, 0.4) is 0 Å². The normalized spacial score (nSPS) is 10.9. The van der Waals surface area contributed by atoms with Crippen LogP contribution in [0.4, 0.5) is 15.8 Å². The molecule has 3 aromatic rings. The number of likely N-dealkylation sites (N-methyl/N-ethyl adjacent to an activating group) is 1. The van der Waals surface area contributed by atoms with Gasteiger partial charge in [0.25, 0.3) is 15.9 Å². The average molecular weight is 503 g/mol. The Labute approximate surface area is 202 Å². The Hall–Kier alpha value is -4.12. The van der Waals surface area contributed by atoms with E-state index in [0.29, 0.717) is 5.69 Å². The van der Waals surface area contributed by atoms with Crippen LogP contribution in [0.25, 0.3) is 0 Å². The van der Waals surface area contributed by atoms with E-state index in [9.17, 15) is 22.4 Å². The standard InChI is InChI=1S/C24H23FN2O7S/c1-27(16-9-5-4-6-10-16)22(28)15-34-24(29)18-13-17(14-21(32-2)23(18)33-3)35(30,31)26-20-12-8-7-11-19(20)25/h4-14,26H,15H2,1-3H3. The quantitative estimate of drug-likeness (QED) is 0.446. The van der Waals surface area contributed by atoms with Gasteiger partial charge in [0.1, 0.15) is 11.4 Å². The number of benzene rings is 3. The summed E-state index contributed by atoms with van der Waals surface area (Å²) >= 11 is 0. The van der Waals surface area contributed by atoms with Gasteiger partial charge in [0.2, 0.25) is 0 Å². The summed E-state index contributed by atoms with van der Waals surface area (Å²) in [5.74, 6) is -2.48. The summed E-state index contributed by atoms with van der Waals surface area (Å²) in [6.45, 7) is -0.611. The van der Waals surface area contributed by atoms with Crippen LogP contribution in [0.2, 0.25) is 0 Å². The summed E-state index contributed by atoms with van der Waals surface area (Å²) in [5.41, 5.74) is 0.0250. The highest BCUT2D eigenvalue weighted by Crippen LogP contribution is 2.35. The number of methoxy groups -OCH3 is 2. The number of sulfonamides is 1. The number of hydrogen-bond donors (Lipinski definition) is 1. The van der Waals surface area contributed by atoms with Gasteiger partial charge in [-0.1, -0.05) is 30.3 Å². The van der Waals surface area contributed by atoms with E-state index in [2.05, 4.69) is 4.72 Å². The van der Waals surface area contributed by atoms with Gasteiger partial charge in [-0.05, 0) is 30.3 Å². The fourth-order valence-corrected chi connectivity index (χ4v) is 4.20. The van der Waals surface area contributed by atoms with Crippen molar-refractivity contribution in [2.75, 3.05) is 37.5 Å². The largest absolute Gasteiger partial charge is 0.493 e. The highest BCUT2D eigenvalue weighted by Gasteiger charge is 2.26. The highest BCUT2D eigenvalue weighted by molar-refractivity contribution is 7.92. The molecule has 3 aromatic carbocycles. The number of amides is 1. The van der Waals surface area contributed by atoms with Crippen LogP contribution in [0.15, 0.2) is 71.6 Å². The lowest BCUT2D eigenvalue weighted by Crippen LogP contribution is -2.31. The minimum Gasteiger partial charge on any atom is -0.493 e. The van der Waals surface area contributed by atoms with Gasteiger partial charge in [0, 0.05) is 18.8 Å². The molecule has 0 saturated carbocycles. The number of rotatable bonds is 9. The SMILES string of the molecule is COc1cc(S(=O)(=O)Nc2ccccc2F)cc(C(=O)OCC(=O)N(C)c2ccccc2)c1OC. The molecule has 9 nitrogen and oxygen atoms in total. The maximum atomic E-state index is 14.0. The molecular weight excluding hydrogens is 479 g/mol. The van der Waals surface area contributed by atoms with Crippen molar-refractivity contribution < 1.29 is 36.6 Å². The summed E-state index contributed by atoms with van der Waals surface area (Å²) in [5, 5.41) is 0. The van der Waals surface area contributed by atoms with Gasteiger partial charge in [-0.3, -0.25) is 9.52 Å². The zero-order valence-electron chi connectivity index (χ0n) is 19.1. The van der Waals surface area contributed by atoms with Gasteiger partial charge < -0.3 is 19.1 Å². The molecule has 0 unspecified atom stereocenters. The van der Waals surface area contributed by atoms with Crippen LogP contribution in [0.1, 0.15) is 10.4 Å². The Kier molecular flexibility index (Phi) is 7.92. The molecule has 0 atom stereocenters. The number of hydrogen-bond acceptors (Lipinski definition) is 7. The summed E-state index contributed by atoms with van der Waals surface area (Å²) in [4.78, 5) is 26.2. The number of nitrogens with zero attached hydrogens (tertiary/aromatic N) is 1. The Bertz CT molecular complexity index is 1330. The van der Waals surface area contributed by atoms with Crippen LogP contribution >= 0.6 is 0 Å². The maximum Gasteiger partial charge on any atom is 0.342 e. The molecule has 1 amide bonds. The second kappa shape index (κ2) is 10.9. The molecule has 0 bridgehead atoms. The van der Waals surface area contributed by atoms with Crippen LogP contribution in [-0.2, 0) is 19.6 Å². The predicted molar refractivity (Wildman–Crippen MR) is 127 cm³/mol. The van der Waals surface area contributed by atoms with Gasteiger partial charge in [-0.25, -0.2) is 17.6 Å². The molecule has 0 aliphatic carbocycles. The molecule has 35 heavy (non-hydrogen) atoms. The molecule has 0 radical (unpaired) electrons. The van der Waals surface area contributed by atoms with Gasteiger partial charge >= 0.3 is 5.97 Å².